The minimum atomic E-state index is -1.08. The third-order valence-corrected chi connectivity index (χ3v) is 3.94. The molecule has 6 nitrogen and oxygen atoms in total. The van der Waals surface area contributed by atoms with Crippen LogP contribution in [-0.4, -0.2) is 29.4 Å². The van der Waals surface area contributed by atoms with Crippen LogP contribution in [0, 0.1) is 0 Å². The molecule has 0 aliphatic rings. The van der Waals surface area contributed by atoms with Crippen molar-refractivity contribution in [3.05, 3.63) is 35.8 Å². The maximum absolute atomic E-state index is 12.3. The number of aromatic nitrogens is 1. The summed E-state index contributed by atoms with van der Waals surface area (Å²) in [5.41, 5.74) is -0.384. The lowest BCUT2D eigenvalue weighted by molar-refractivity contribution is -0.128. The first-order chi connectivity index (χ1) is 10.8. The molecule has 2 amide bonds. The summed E-state index contributed by atoms with van der Waals surface area (Å²) < 4.78 is 5.81. The number of anilines is 2. The Balaban J connectivity index is 2.12. The van der Waals surface area contributed by atoms with E-state index in [1.807, 2.05) is 0 Å². The maximum Gasteiger partial charge on any atom is 0.269 e. The minimum Gasteiger partial charge on any atom is -0.478 e. The average molecular weight is 333 g/mol. The summed E-state index contributed by atoms with van der Waals surface area (Å²) in [7, 11) is 1.68. The number of thiazole rings is 1. The zero-order chi connectivity index (χ0) is 17.0. The molecule has 1 heterocycles. The fourth-order valence-corrected chi connectivity index (χ4v) is 2.34. The molecule has 2 rings (SSSR count). The second-order valence-corrected chi connectivity index (χ2v) is 6.37. The summed E-state index contributed by atoms with van der Waals surface area (Å²) in [6.07, 6.45) is 1.62. The van der Waals surface area contributed by atoms with Crippen molar-refractivity contribution in [3.8, 4) is 5.75 Å². The fourth-order valence-electron chi connectivity index (χ4n) is 1.81. The molecule has 0 atom stereocenters. The number of carbonyl (C=O) groups excluding carboxylic acids is 2. The summed E-state index contributed by atoms with van der Waals surface area (Å²) in [5, 5.41) is 5.02. The third-order valence-electron chi connectivity index (χ3n) is 3.25. The van der Waals surface area contributed by atoms with Gasteiger partial charge in [0.15, 0.2) is 10.7 Å². The number of ether oxygens (including phenoxy) is 1. The van der Waals surface area contributed by atoms with Gasteiger partial charge in [-0.05, 0) is 26.0 Å². The van der Waals surface area contributed by atoms with Gasteiger partial charge >= 0.3 is 0 Å². The van der Waals surface area contributed by atoms with Crippen LogP contribution in [0.5, 0.6) is 5.75 Å². The number of hydrogen-bond donors (Lipinski definition) is 1. The summed E-state index contributed by atoms with van der Waals surface area (Å²) in [4.78, 5) is 29.3. The van der Waals surface area contributed by atoms with E-state index in [0.29, 0.717) is 16.6 Å². The van der Waals surface area contributed by atoms with E-state index < -0.39 is 5.60 Å². The molecule has 1 aromatic heterocycles. The van der Waals surface area contributed by atoms with E-state index in [9.17, 15) is 9.59 Å². The lowest BCUT2D eigenvalue weighted by Crippen LogP contribution is -2.42. The molecule has 0 fully saturated rings. The highest BCUT2D eigenvalue weighted by Crippen LogP contribution is 2.25. The van der Waals surface area contributed by atoms with E-state index in [1.54, 1.807) is 56.7 Å². The molecule has 0 saturated carbocycles. The highest BCUT2D eigenvalue weighted by atomic mass is 32.1. The standard InChI is InChI=1S/C16H19N3O3S/c1-11(20)19(4)12-6-5-7-13(10-12)22-16(2,3)14(21)18-15-17-8-9-23-15/h5-10H,1-4H3,(H,17,18,21). The number of hydrogen-bond acceptors (Lipinski definition) is 5. The highest BCUT2D eigenvalue weighted by Gasteiger charge is 2.30. The van der Waals surface area contributed by atoms with Crippen molar-refractivity contribution in [1.29, 1.82) is 0 Å². The number of carbonyl (C=O) groups is 2. The van der Waals surface area contributed by atoms with Crippen molar-refractivity contribution in [3.63, 3.8) is 0 Å². The molecule has 2 aromatic rings. The van der Waals surface area contributed by atoms with Gasteiger partial charge in [0.05, 0.1) is 0 Å². The van der Waals surface area contributed by atoms with Crippen molar-refractivity contribution >= 4 is 34.0 Å². The normalized spacial score (nSPS) is 11.0. The van der Waals surface area contributed by atoms with Crippen molar-refractivity contribution in [2.45, 2.75) is 26.4 Å². The first-order valence-electron chi connectivity index (χ1n) is 7.04. The monoisotopic (exact) mass is 333 g/mol. The zero-order valence-electron chi connectivity index (χ0n) is 13.5. The summed E-state index contributed by atoms with van der Waals surface area (Å²) in [6.45, 7) is 4.84. The topological polar surface area (TPSA) is 71.5 Å². The van der Waals surface area contributed by atoms with Crippen LogP contribution < -0.4 is 15.0 Å². The summed E-state index contributed by atoms with van der Waals surface area (Å²) >= 11 is 1.34. The number of nitrogens with one attached hydrogen (secondary N) is 1. The number of rotatable bonds is 5. The van der Waals surface area contributed by atoms with Gasteiger partial charge in [0, 0.05) is 37.3 Å². The lowest BCUT2D eigenvalue weighted by atomic mass is 10.1. The second kappa shape index (κ2) is 6.78. The van der Waals surface area contributed by atoms with Gasteiger partial charge in [-0.3, -0.25) is 14.9 Å². The molecular formula is C16H19N3O3S. The van der Waals surface area contributed by atoms with Crippen LogP contribution in [0.2, 0.25) is 0 Å². The van der Waals surface area contributed by atoms with Crippen LogP contribution in [0.15, 0.2) is 35.8 Å². The molecule has 0 unspecified atom stereocenters. The smallest absolute Gasteiger partial charge is 0.269 e. The zero-order valence-corrected chi connectivity index (χ0v) is 14.3. The van der Waals surface area contributed by atoms with Crippen LogP contribution in [0.4, 0.5) is 10.8 Å². The Labute approximate surface area is 139 Å². The minimum absolute atomic E-state index is 0.0806. The quantitative estimate of drug-likeness (QED) is 0.913. The van der Waals surface area contributed by atoms with Crippen LogP contribution in [0.1, 0.15) is 20.8 Å². The van der Waals surface area contributed by atoms with Crippen LogP contribution in [0.3, 0.4) is 0 Å². The molecule has 0 radical (unpaired) electrons. The molecule has 0 aliphatic heterocycles. The van der Waals surface area contributed by atoms with Gasteiger partial charge in [0.25, 0.3) is 5.91 Å². The first-order valence-corrected chi connectivity index (χ1v) is 7.92. The Kier molecular flexibility index (Phi) is 5.00. The largest absolute Gasteiger partial charge is 0.478 e. The van der Waals surface area contributed by atoms with Crippen molar-refractivity contribution in [2.24, 2.45) is 0 Å². The SMILES string of the molecule is CC(=O)N(C)c1cccc(OC(C)(C)C(=O)Nc2nccs2)c1. The Morgan fingerprint density at radius 3 is 2.70 bits per heavy atom. The van der Waals surface area contributed by atoms with Gasteiger partial charge in [-0.1, -0.05) is 6.07 Å². The van der Waals surface area contributed by atoms with E-state index >= 15 is 0 Å². The van der Waals surface area contributed by atoms with Gasteiger partial charge in [0.1, 0.15) is 5.75 Å². The third kappa shape index (κ3) is 4.29. The number of amides is 2. The molecule has 122 valence electrons. The molecule has 0 bridgehead atoms. The van der Waals surface area contributed by atoms with E-state index in [4.69, 9.17) is 4.74 Å². The number of benzene rings is 1. The molecule has 1 aromatic carbocycles. The fraction of sp³-hybridized carbons (Fsp3) is 0.312. The Bertz CT molecular complexity index is 698. The van der Waals surface area contributed by atoms with Gasteiger partial charge in [-0.15, -0.1) is 11.3 Å². The van der Waals surface area contributed by atoms with E-state index in [2.05, 4.69) is 10.3 Å². The van der Waals surface area contributed by atoms with Crippen LogP contribution >= 0.6 is 11.3 Å². The lowest BCUT2D eigenvalue weighted by Gasteiger charge is -2.25. The molecule has 0 spiro atoms. The molecule has 7 heteroatoms. The summed E-state index contributed by atoms with van der Waals surface area (Å²) in [5.74, 6) is 0.135. The molecule has 1 N–H and O–H groups in total. The van der Waals surface area contributed by atoms with E-state index in [0.717, 1.165) is 0 Å². The van der Waals surface area contributed by atoms with Gasteiger partial charge < -0.3 is 9.64 Å². The Morgan fingerprint density at radius 2 is 2.09 bits per heavy atom. The highest BCUT2D eigenvalue weighted by molar-refractivity contribution is 7.13. The Morgan fingerprint density at radius 1 is 1.35 bits per heavy atom. The van der Waals surface area contributed by atoms with E-state index in [-0.39, 0.29) is 11.8 Å². The first kappa shape index (κ1) is 17.0. The summed E-state index contributed by atoms with van der Waals surface area (Å²) in [6, 6.07) is 7.05. The van der Waals surface area contributed by atoms with Crippen molar-refractivity contribution in [2.75, 3.05) is 17.3 Å². The van der Waals surface area contributed by atoms with Crippen LogP contribution in [-0.2, 0) is 9.59 Å². The van der Waals surface area contributed by atoms with Crippen molar-refractivity contribution < 1.29 is 14.3 Å². The maximum atomic E-state index is 12.3. The second-order valence-electron chi connectivity index (χ2n) is 5.48. The van der Waals surface area contributed by atoms with Gasteiger partial charge in [-0.25, -0.2) is 4.98 Å². The predicted molar refractivity (Wildman–Crippen MR) is 91.0 cm³/mol. The van der Waals surface area contributed by atoms with Gasteiger partial charge in [0.2, 0.25) is 5.91 Å². The van der Waals surface area contributed by atoms with Crippen LogP contribution in [0.25, 0.3) is 0 Å². The number of nitrogens with zero attached hydrogens (tertiary/aromatic N) is 2. The average Bonchev–Trinajstić information content (AvgIpc) is 2.99. The van der Waals surface area contributed by atoms with E-state index in [1.165, 1.54) is 23.2 Å². The molecule has 0 aliphatic carbocycles. The molecular weight excluding hydrogens is 314 g/mol. The van der Waals surface area contributed by atoms with Gasteiger partial charge in [-0.2, -0.15) is 0 Å². The molecule has 0 saturated heterocycles. The van der Waals surface area contributed by atoms with Crippen molar-refractivity contribution in [1.82, 2.24) is 4.98 Å². The predicted octanol–water partition coefficient (Wildman–Crippen LogP) is 2.92. The molecule has 23 heavy (non-hydrogen) atoms. The Hall–Kier alpha value is -2.41.